The molecule has 0 saturated carbocycles. The molecule has 0 radical (unpaired) electrons. The Balaban J connectivity index is 1.65. The maximum atomic E-state index is 12.4. The highest BCUT2D eigenvalue weighted by Crippen LogP contribution is 2.20. The van der Waals surface area contributed by atoms with Crippen LogP contribution in [0.2, 0.25) is 0 Å². The van der Waals surface area contributed by atoms with Crippen LogP contribution in [-0.2, 0) is 0 Å². The molecule has 23 heavy (non-hydrogen) atoms. The minimum absolute atomic E-state index is 0.0104. The van der Waals surface area contributed by atoms with E-state index >= 15 is 0 Å². The minimum atomic E-state index is -0.152. The Morgan fingerprint density at radius 1 is 1.13 bits per heavy atom. The van der Waals surface area contributed by atoms with Crippen LogP contribution in [0.3, 0.4) is 0 Å². The predicted octanol–water partition coefficient (Wildman–Crippen LogP) is 1.62. The number of phenolic OH excluding ortho intramolecular Hbond substituents is 1. The molecule has 3 rings (SSSR count). The monoisotopic (exact) mass is 308 g/mol. The van der Waals surface area contributed by atoms with Gasteiger partial charge in [-0.05, 0) is 24.3 Å². The molecule has 0 bridgehead atoms. The van der Waals surface area contributed by atoms with E-state index in [1.54, 1.807) is 35.4 Å². The minimum Gasteiger partial charge on any atom is -0.507 e. The number of aromatic hydroxyl groups is 1. The van der Waals surface area contributed by atoms with Crippen LogP contribution >= 0.6 is 0 Å². The van der Waals surface area contributed by atoms with Crippen molar-refractivity contribution in [2.75, 3.05) is 31.1 Å². The molecule has 2 heterocycles. The van der Waals surface area contributed by atoms with Crippen LogP contribution in [0, 0.1) is 11.3 Å². The van der Waals surface area contributed by atoms with Crippen LogP contribution in [0.4, 0.5) is 5.69 Å². The lowest BCUT2D eigenvalue weighted by Gasteiger charge is -2.36. The van der Waals surface area contributed by atoms with Crippen LogP contribution in [0.5, 0.6) is 5.75 Å². The molecule has 0 aliphatic carbocycles. The topological polar surface area (TPSA) is 80.5 Å². The molecule has 116 valence electrons. The molecular formula is C17H16N4O2. The SMILES string of the molecule is N#Cc1ccc(N2CCN(C(=O)c3ccccc3O)CC2)cn1. The number of carbonyl (C=O) groups excluding carboxylic acids is 1. The van der Waals surface area contributed by atoms with Crippen molar-refractivity contribution in [3.8, 4) is 11.8 Å². The zero-order valence-corrected chi connectivity index (χ0v) is 12.5. The number of aromatic nitrogens is 1. The third kappa shape index (κ3) is 3.09. The summed E-state index contributed by atoms with van der Waals surface area (Å²) in [6, 6.07) is 12.1. The van der Waals surface area contributed by atoms with Crippen LogP contribution in [0.15, 0.2) is 42.6 Å². The lowest BCUT2D eigenvalue weighted by molar-refractivity contribution is 0.0743. The highest BCUT2D eigenvalue weighted by Gasteiger charge is 2.23. The summed E-state index contributed by atoms with van der Waals surface area (Å²) in [6.45, 7) is 2.53. The molecule has 1 aromatic carbocycles. The molecule has 1 saturated heterocycles. The predicted molar refractivity (Wildman–Crippen MR) is 85.2 cm³/mol. The highest BCUT2D eigenvalue weighted by molar-refractivity contribution is 5.96. The molecule has 1 fully saturated rings. The van der Waals surface area contributed by atoms with Gasteiger partial charge in [0.15, 0.2) is 0 Å². The number of pyridine rings is 1. The summed E-state index contributed by atoms with van der Waals surface area (Å²) < 4.78 is 0. The Morgan fingerprint density at radius 2 is 1.87 bits per heavy atom. The van der Waals surface area contributed by atoms with Crippen molar-refractivity contribution in [3.63, 3.8) is 0 Å². The van der Waals surface area contributed by atoms with Crippen molar-refractivity contribution in [3.05, 3.63) is 53.9 Å². The van der Waals surface area contributed by atoms with Gasteiger partial charge in [-0.25, -0.2) is 4.98 Å². The van der Waals surface area contributed by atoms with Crippen LogP contribution < -0.4 is 4.90 Å². The van der Waals surface area contributed by atoms with E-state index in [1.165, 1.54) is 6.07 Å². The number of rotatable bonds is 2. The fourth-order valence-corrected chi connectivity index (χ4v) is 2.63. The van der Waals surface area contributed by atoms with E-state index < -0.39 is 0 Å². The number of nitrogens with zero attached hydrogens (tertiary/aromatic N) is 4. The molecule has 1 aliphatic heterocycles. The van der Waals surface area contributed by atoms with E-state index in [-0.39, 0.29) is 11.7 Å². The molecule has 0 atom stereocenters. The molecule has 2 aromatic rings. The smallest absolute Gasteiger partial charge is 0.257 e. The number of carbonyl (C=O) groups is 1. The number of anilines is 1. The zero-order chi connectivity index (χ0) is 16.2. The van der Waals surface area contributed by atoms with Gasteiger partial charge in [0.25, 0.3) is 5.91 Å². The van der Waals surface area contributed by atoms with Gasteiger partial charge in [0, 0.05) is 26.2 Å². The zero-order valence-electron chi connectivity index (χ0n) is 12.5. The first-order chi connectivity index (χ1) is 11.2. The second-order valence-electron chi connectivity index (χ2n) is 5.31. The van der Waals surface area contributed by atoms with Crippen LogP contribution in [-0.4, -0.2) is 47.1 Å². The van der Waals surface area contributed by atoms with Gasteiger partial charge in [0.2, 0.25) is 0 Å². The highest BCUT2D eigenvalue weighted by atomic mass is 16.3. The molecule has 1 aliphatic rings. The summed E-state index contributed by atoms with van der Waals surface area (Å²) in [5, 5.41) is 18.6. The number of benzene rings is 1. The Hall–Kier alpha value is -3.07. The van der Waals surface area contributed by atoms with Crippen molar-refractivity contribution in [2.24, 2.45) is 0 Å². The van der Waals surface area contributed by atoms with E-state index in [1.807, 2.05) is 12.1 Å². The molecular weight excluding hydrogens is 292 g/mol. The summed E-state index contributed by atoms with van der Waals surface area (Å²) in [5.74, 6) is -0.142. The number of piperazine rings is 1. The summed E-state index contributed by atoms with van der Waals surface area (Å²) in [7, 11) is 0. The summed E-state index contributed by atoms with van der Waals surface area (Å²) in [5.41, 5.74) is 1.67. The average molecular weight is 308 g/mol. The largest absolute Gasteiger partial charge is 0.507 e. The number of phenols is 1. The molecule has 1 amide bonds. The number of hydrogen-bond acceptors (Lipinski definition) is 5. The summed E-state index contributed by atoms with van der Waals surface area (Å²) in [6.07, 6.45) is 1.68. The summed E-state index contributed by atoms with van der Waals surface area (Å²) in [4.78, 5) is 20.4. The van der Waals surface area contributed by atoms with Gasteiger partial charge < -0.3 is 14.9 Å². The lowest BCUT2D eigenvalue weighted by Crippen LogP contribution is -2.48. The first-order valence-corrected chi connectivity index (χ1v) is 7.37. The van der Waals surface area contributed by atoms with E-state index in [2.05, 4.69) is 9.88 Å². The van der Waals surface area contributed by atoms with Crippen molar-refractivity contribution < 1.29 is 9.90 Å². The van der Waals surface area contributed by atoms with Gasteiger partial charge in [0.1, 0.15) is 17.5 Å². The quantitative estimate of drug-likeness (QED) is 0.912. The fraction of sp³-hybridized carbons (Fsp3) is 0.235. The van der Waals surface area contributed by atoms with Gasteiger partial charge >= 0.3 is 0 Å². The Morgan fingerprint density at radius 3 is 2.48 bits per heavy atom. The Bertz CT molecular complexity index is 744. The van der Waals surface area contributed by atoms with Gasteiger partial charge in [-0.15, -0.1) is 0 Å². The standard InChI is InChI=1S/C17H16N4O2/c18-11-13-5-6-14(12-19-13)20-7-9-21(10-8-20)17(23)15-3-1-2-4-16(15)22/h1-6,12,22H,7-10H2. The number of para-hydroxylation sites is 1. The van der Waals surface area contributed by atoms with E-state index in [9.17, 15) is 9.90 Å². The molecule has 6 nitrogen and oxygen atoms in total. The van der Waals surface area contributed by atoms with Gasteiger partial charge in [-0.1, -0.05) is 12.1 Å². The first kappa shape index (κ1) is 14.9. The maximum Gasteiger partial charge on any atom is 0.257 e. The van der Waals surface area contributed by atoms with Crippen molar-refractivity contribution in [1.29, 1.82) is 5.26 Å². The first-order valence-electron chi connectivity index (χ1n) is 7.37. The maximum absolute atomic E-state index is 12.4. The normalized spacial score (nSPS) is 14.4. The summed E-state index contributed by atoms with van der Waals surface area (Å²) >= 11 is 0. The fourth-order valence-electron chi connectivity index (χ4n) is 2.63. The van der Waals surface area contributed by atoms with E-state index in [0.29, 0.717) is 37.4 Å². The molecule has 1 N–H and O–H groups in total. The second kappa shape index (κ2) is 6.36. The molecule has 0 unspecified atom stereocenters. The number of nitriles is 1. The van der Waals surface area contributed by atoms with Crippen molar-refractivity contribution in [1.82, 2.24) is 9.88 Å². The van der Waals surface area contributed by atoms with Crippen molar-refractivity contribution >= 4 is 11.6 Å². The molecule has 1 aromatic heterocycles. The second-order valence-corrected chi connectivity index (χ2v) is 5.31. The van der Waals surface area contributed by atoms with Crippen LogP contribution in [0.1, 0.15) is 16.1 Å². The van der Waals surface area contributed by atoms with Crippen molar-refractivity contribution in [2.45, 2.75) is 0 Å². The van der Waals surface area contributed by atoms with Gasteiger partial charge in [-0.3, -0.25) is 4.79 Å². The lowest BCUT2D eigenvalue weighted by atomic mass is 10.1. The number of hydrogen-bond donors (Lipinski definition) is 1. The van der Waals surface area contributed by atoms with E-state index in [4.69, 9.17) is 5.26 Å². The van der Waals surface area contributed by atoms with Gasteiger partial charge in [0.05, 0.1) is 17.4 Å². The van der Waals surface area contributed by atoms with Crippen LogP contribution in [0.25, 0.3) is 0 Å². The Kier molecular flexibility index (Phi) is 4.11. The number of amides is 1. The Labute approximate surface area is 134 Å². The molecule has 6 heteroatoms. The average Bonchev–Trinajstić information content (AvgIpc) is 2.62. The third-order valence-electron chi connectivity index (χ3n) is 3.93. The van der Waals surface area contributed by atoms with Gasteiger partial charge in [-0.2, -0.15) is 5.26 Å². The molecule has 0 spiro atoms. The van der Waals surface area contributed by atoms with E-state index in [0.717, 1.165) is 5.69 Å². The third-order valence-corrected chi connectivity index (χ3v) is 3.93.